The van der Waals surface area contributed by atoms with Crippen LogP contribution in [0.3, 0.4) is 0 Å². The van der Waals surface area contributed by atoms with Gasteiger partial charge < -0.3 is 15.0 Å². The predicted molar refractivity (Wildman–Crippen MR) is 88.6 cm³/mol. The lowest BCUT2D eigenvalue weighted by molar-refractivity contribution is 0.144. The van der Waals surface area contributed by atoms with Gasteiger partial charge in [-0.3, -0.25) is 4.68 Å². The number of ether oxygens (including phenoxy) is 1. The van der Waals surface area contributed by atoms with Crippen molar-refractivity contribution in [3.05, 3.63) is 41.7 Å². The number of nitrogens with zero attached hydrogens (tertiary/aromatic N) is 3. The highest BCUT2D eigenvalue weighted by atomic mass is 19.3. The highest BCUT2D eigenvalue weighted by Gasteiger charge is 2.25. The van der Waals surface area contributed by atoms with Crippen molar-refractivity contribution >= 4 is 5.69 Å². The molecular weight excluding hydrogens is 314 g/mol. The first-order chi connectivity index (χ1) is 11.6. The van der Waals surface area contributed by atoms with Crippen molar-refractivity contribution in [1.82, 2.24) is 15.1 Å². The van der Waals surface area contributed by atoms with E-state index in [0.29, 0.717) is 12.1 Å². The average molecular weight is 336 g/mol. The maximum absolute atomic E-state index is 13.0. The van der Waals surface area contributed by atoms with Crippen LogP contribution in [0, 0.1) is 0 Å². The van der Waals surface area contributed by atoms with Crippen LogP contribution in [0.1, 0.15) is 24.1 Å². The number of para-hydroxylation sites is 2. The summed E-state index contributed by atoms with van der Waals surface area (Å²) in [6.45, 7) is 2.13. The van der Waals surface area contributed by atoms with Gasteiger partial charge in [0.1, 0.15) is 11.4 Å². The molecule has 1 aromatic heterocycles. The SMILES string of the molecule is COc1ccccc1N1CCC(NCc2cn(C)nc2C(F)F)C1. The van der Waals surface area contributed by atoms with Crippen molar-refractivity contribution in [2.45, 2.75) is 25.4 Å². The molecule has 130 valence electrons. The van der Waals surface area contributed by atoms with Gasteiger partial charge in [0.2, 0.25) is 0 Å². The zero-order valence-electron chi connectivity index (χ0n) is 13.9. The molecule has 0 amide bonds. The number of aryl methyl sites for hydroxylation is 1. The molecular formula is C17H22F2N4O. The number of nitrogens with one attached hydrogen (secondary N) is 1. The minimum absolute atomic E-state index is 0.135. The normalized spacial score (nSPS) is 17.7. The van der Waals surface area contributed by atoms with Crippen molar-refractivity contribution in [2.75, 3.05) is 25.1 Å². The summed E-state index contributed by atoms with van der Waals surface area (Å²) in [5, 5.41) is 7.21. The van der Waals surface area contributed by atoms with Gasteiger partial charge in [-0.2, -0.15) is 5.10 Å². The Bertz CT molecular complexity index is 689. The van der Waals surface area contributed by atoms with E-state index in [1.807, 2.05) is 24.3 Å². The fourth-order valence-electron chi connectivity index (χ4n) is 3.17. The molecule has 2 aromatic rings. The zero-order valence-corrected chi connectivity index (χ0v) is 13.9. The number of benzene rings is 1. The highest BCUT2D eigenvalue weighted by Crippen LogP contribution is 2.30. The Morgan fingerprint density at radius 3 is 2.92 bits per heavy atom. The molecule has 2 heterocycles. The van der Waals surface area contributed by atoms with Crippen LogP contribution in [0.2, 0.25) is 0 Å². The van der Waals surface area contributed by atoms with Gasteiger partial charge >= 0.3 is 0 Å². The van der Waals surface area contributed by atoms with Gasteiger partial charge in [-0.05, 0) is 18.6 Å². The summed E-state index contributed by atoms with van der Waals surface area (Å²) in [5.41, 5.74) is 1.49. The van der Waals surface area contributed by atoms with Crippen LogP contribution in [0.25, 0.3) is 0 Å². The number of hydrogen-bond donors (Lipinski definition) is 1. The summed E-state index contributed by atoms with van der Waals surface area (Å²) < 4.78 is 32.8. The van der Waals surface area contributed by atoms with Gasteiger partial charge in [0, 0.05) is 44.5 Å². The summed E-state index contributed by atoms with van der Waals surface area (Å²) in [6, 6.07) is 8.17. The average Bonchev–Trinajstić information content (AvgIpc) is 3.19. The van der Waals surface area contributed by atoms with Crippen LogP contribution in [-0.2, 0) is 13.6 Å². The molecule has 1 saturated heterocycles. The van der Waals surface area contributed by atoms with Crippen LogP contribution in [0.15, 0.2) is 30.5 Å². The number of anilines is 1. The zero-order chi connectivity index (χ0) is 17.1. The Labute approximate surface area is 140 Å². The second-order valence-corrected chi connectivity index (χ2v) is 6.00. The number of hydrogen-bond acceptors (Lipinski definition) is 4. The third-order valence-corrected chi connectivity index (χ3v) is 4.34. The lowest BCUT2D eigenvalue weighted by atomic mass is 10.2. The maximum atomic E-state index is 13.0. The van der Waals surface area contributed by atoms with E-state index < -0.39 is 6.43 Å². The highest BCUT2D eigenvalue weighted by molar-refractivity contribution is 5.59. The Hall–Kier alpha value is -2.15. The second-order valence-electron chi connectivity index (χ2n) is 6.00. The molecule has 1 aliphatic heterocycles. The van der Waals surface area contributed by atoms with Gasteiger partial charge in [-0.25, -0.2) is 8.78 Å². The minimum atomic E-state index is -2.54. The number of rotatable bonds is 6. The lowest BCUT2D eigenvalue weighted by Gasteiger charge is -2.21. The van der Waals surface area contributed by atoms with E-state index >= 15 is 0 Å². The molecule has 0 spiro atoms. The molecule has 3 rings (SSSR count). The van der Waals surface area contributed by atoms with Crippen LogP contribution >= 0.6 is 0 Å². The topological polar surface area (TPSA) is 42.3 Å². The van der Waals surface area contributed by atoms with E-state index in [-0.39, 0.29) is 11.7 Å². The Morgan fingerprint density at radius 1 is 1.38 bits per heavy atom. The fraction of sp³-hybridized carbons (Fsp3) is 0.471. The van der Waals surface area contributed by atoms with Crippen LogP contribution in [-0.4, -0.2) is 36.0 Å². The molecule has 0 aliphatic carbocycles. The molecule has 1 fully saturated rings. The lowest BCUT2D eigenvalue weighted by Crippen LogP contribution is -2.32. The Balaban J connectivity index is 1.61. The van der Waals surface area contributed by atoms with Gasteiger partial charge in [0.05, 0.1) is 12.8 Å². The number of methoxy groups -OCH3 is 1. The molecule has 0 radical (unpaired) electrons. The summed E-state index contributed by atoms with van der Waals surface area (Å²) in [6.07, 6.45) is 0.0701. The predicted octanol–water partition coefficient (Wildman–Crippen LogP) is 2.73. The number of halogens is 2. The molecule has 5 nitrogen and oxygen atoms in total. The van der Waals surface area contributed by atoms with Crippen LogP contribution in [0.4, 0.5) is 14.5 Å². The molecule has 0 saturated carbocycles. The van der Waals surface area contributed by atoms with Crippen LogP contribution in [0.5, 0.6) is 5.75 Å². The molecule has 24 heavy (non-hydrogen) atoms. The van der Waals surface area contributed by atoms with Crippen molar-refractivity contribution in [1.29, 1.82) is 0 Å². The van der Waals surface area contributed by atoms with Gasteiger partial charge in [0.15, 0.2) is 0 Å². The van der Waals surface area contributed by atoms with E-state index in [0.717, 1.165) is 30.9 Å². The first-order valence-electron chi connectivity index (χ1n) is 8.00. The largest absolute Gasteiger partial charge is 0.495 e. The van der Waals surface area contributed by atoms with Gasteiger partial charge in [0.25, 0.3) is 6.43 Å². The van der Waals surface area contributed by atoms with Crippen LogP contribution < -0.4 is 15.0 Å². The monoisotopic (exact) mass is 336 g/mol. The first-order valence-corrected chi connectivity index (χ1v) is 8.00. The van der Waals surface area contributed by atoms with Gasteiger partial charge in [-0.1, -0.05) is 12.1 Å². The first kappa shape index (κ1) is 16.7. The van der Waals surface area contributed by atoms with E-state index in [9.17, 15) is 8.78 Å². The fourth-order valence-corrected chi connectivity index (χ4v) is 3.17. The second kappa shape index (κ2) is 7.17. The molecule has 7 heteroatoms. The van der Waals surface area contributed by atoms with Crippen molar-refractivity contribution in [3.8, 4) is 5.75 Å². The summed E-state index contributed by atoms with van der Waals surface area (Å²) in [7, 11) is 3.33. The summed E-state index contributed by atoms with van der Waals surface area (Å²) >= 11 is 0. The smallest absolute Gasteiger partial charge is 0.282 e. The maximum Gasteiger partial charge on any atom is 0.282 e. The van der Waals surface area contributed by atoms with Gasteiger partial charge in [-0.15, -0.1) is 0 Å². The third kappa shape index (κ3) is 3.51. The number of aromatic nitrogens is 2. The molecule has 0 bridgehead atoms. The quantitative estimate of drug-likeness (QED) is 0.881. The standard InChI is InChI=1S/C17H22F2N4O/c1-22-10-12(16(21-22)17(18)19)9-20-13-7-8-23(11-13)14-5-3-4-6-15(14)24-2/h3-6,10,13,17,20H,7-9,11H2,1-2H3. The third-order valence-electron chi connectivity index (χ3n) is 4.34. The summed E-state index contributed by atoms with van der Waals surface area (Å²) in [5.74, 6) is 0.852. The molecule has 1 aromatic carbocycles. The van der Waals surface area contributed by atoms with E-state index in [1.54, 1.807) is 20.4 Å². The molecule has 1 aliphatic rings. The molecule has 1 N–H and O–H groups in total. The van der Waals surface area contributed by atoms with Crippen molar-refractivity contribution in [2.24, 2.45) is 7.05 Å². The molecule has 1 unspecified atom stereocenters. The summed E-state index contributed by atoms with van der Waals surface area (Å²) in [4.78, 5) is 2.26. The van der Waals surface area contributed by atoms with E-state index in [1.165, 1.54) is 4.68 Å². The Morgan fingerprint density at radius 2 is 2.17 bits per heavy atom. The number of alkyl halides is 2. The van der Waals surface area contributed by atoms with E-state index in [4.69, 9.17) is 4.74 Å². The Kier molecular flexibility index (Phi) is 4.99. The van der Waals surface area contributed by atoms with Crippen molar-refractivity contribution < 1.29 is 13.5 Å². The van der Waals surface area contributed by atoms with E-state index in [2.05, 4.69) is 15.3 Å². The molecule has 1 atom stereocenters. The van der Waals surface area contributed by atoms with Crippen molar-refractivity contribution in [3.63, 3.8) is 0 Å². The minimum Gasteiger partial charge on any atom is -0.495 e.